The van der Waals surface area contributed by atoms with Crippen molar-refractivity contribution in [2.75, 3.05) is 11.6 Å². The Kier molecular flexibility index (Phi) is 6.09. The second-order valence-electron chi connectivity index (χ2n) is 1.79. The maximum absolute atomic E-state index is 10.4. The molecule has 3 nitrogen and oxygen atoms in total. The summed E-state index contributed by atoms with van der Waals surface area (Å²) in [5.41, 5.74) is 0. The van der Waals surface area contributed by atoms with E-state index in [9.17, 15) is 4.79 Å². The summed E-state index contributed by atoms with van der Waals surface area (Å²) in [4.78, 5) is 10.4. The fourth-order valence-electron chi connectivity index (χ4n) is 0.475. The second kappa shape index (κ2) is 6.32. The van der Waals surface area contributed by atoms with Crippen LogP contribution in [0.2, 0.25) is 0 Å². The Morgan fingerprint density at radius 3 is 2.91 bits per heavy atom. The molecule has 0 radical (unpaired) electrons. The quantitative estimate of drug-likeness (QED) is 0.385. The molecule has 0 aliphatic heterocycles. The largest absolute Gasteiger partial charge is 0.460 e. The fourth-order valence-corrected chi connectivity index (χ4v) is 1.22. The molecule has 0 aliphatic rings. The Morgan fingerprint density at radius 2 is 2.55 bits per heavy atom. The summed E-state index contributed by atoms with van der Waals surface area (Å²) in [5, 5.41) is 10.0. The monoisotopic (exact) mass is 193 g/mol. The highest BCUT2D eigenvalue weighted by Gasteiger charge is 2.09. The van der Waals surface area contributed by atoms with E-state index in [1.54, 1.807) is 0 Å². The normalized spacial score (nSPS) is 11.7. The number of thioether (sulfide) groups is 1. The summed E-state index contributed by atoms with van der Waals surface area (Å²) >= 11 is 6.47. The Balaban J connectivity index is 3.59. The zero-order valence-electron chi connectivity index (χ0n) is 6.04. The van der Waals surface area contributed by atoms with Crippen LogP contribution < -0.4 is 0 Å². The zero-order chi connectivity index (χ0) is 8.69. The van der Waals surface area contributed by atoms with Crippen LogP contribution in [0, 0.1) is 10.7 Å². The van der Waals surface area contributed by atoms with Gasteiger partial charge in [0.2, 0.25) is 0 Å². The van der Waals surface area contributed by atoms with Crippen LogP contribution in [0.1, 0.15) is 6.92 Å². The summed E-state index contributed by atoms with van der Waals surface area (Å²) in [7, 11) is 0. The van der Waals surface area contributed by atoms with E-state index < -0.39 is 0 Å². The van der Waals surface area contributed by atoms with Crippen molar-refractivity contribution >= 4 is 29.3 Å². The Morgan fingerprint density at radius 1 is 1.91 bits per heavy atom. The molecular formula is C6H8ClNO2S. The summed E-state index contributed by atoms with van der Waals surface area (Å²) in [5.74, 6) is 0.294. The van der Waals surface area contributed by atoms with Gasteiger partial charge in [-0.3, -0.25) is 4.79 Å². The van der Waals surface area contributed by atoms with E-state index >= 15 is 0 Å². The van der Waals surface area contributed by atoms with E-state index in [2.05, 4.69) is 0 Å². The highest BCUT2D eigenvalue weighted by molar-refractivity contribution is 8.03. The van der Waals surface area contributed by atoms with Crippen molar-refractivity contribution in [3.05, 3.63) is 0 Å². The van der Waals surface area contributed by atoms with E-state index in [1.807, 2.05) is 5.40 Å². The molecule has 0 saturated heterocycles. The molecule has 62 valence electrons. The Bertz CT molecular complexity index is 168. The lowest BCUT2D eigenvalue weighted by atomic mass is 10.5. The minimum atomic E-state index is -0.366. The van der Waals surface area contributed by atoms with Crippen molar-refractivity contribution in [3.63, 3.8) is 0 Å². The molecule has 0 aromatic carbocycles. The molecule has 0 aromatic heterocycles. The number of hydrogen-bond donors (Lipinski definition) is 0. The maximum Gasteiger partial charge on any atom is 0.302 e. The second-order valence-corrected chi connectivity index (χ2v) is 2.90. The number of nitriles is 1. The van der Waals surface area contributed by atoms with Crippen molar-refractivity contribution in [1.82, 2.24) is 0 Å². The van der Waals surface area contributed by atoms with Gasteiger partial charge in [0.05, 0.1) is 5.88 Å². The molecule has 1 unspecified atom stereocenters. The van der Waals surface area contributed by atoms with Gasteiger partial charge in [-0.05, 0) is 11.8 Å². The molecule has 0 fully saturated rings. The predicted molar refractivity (Wildman–Crippen MR) is 44.3 cm³/mol. The number of hydrogen-bond acceptors (Lipinski definition) is 4. The van der Waals surface area contributed by atoms with Crippen LogP contribution in [0.25, 0.3) is 0 Å². The number of carbonyl (C=O) groups excluding carboxylic acids is 1. The van der Waals surface area contributed by atoms with Crippen LogP contribution in [-0.2, 0) is 9.53 Å². The van der Waals surface area contributed by atoms with Crippen molar-refractivity contribution < 1.29 is 9.53 Å². The summed E-state index contributed by atoms with van der Waals surface area (Å²) in [6, 6.07) is 0. The highest BCUT2D eigenvalue weighted by atomic mass is 35.5. The first-order valence-electron chi connectivity index (χ1n) is 2.94. The van der Waals surface area contributed by atoms with Crippen LogP contribution in [-0.4, -0.2) is 23.7 Å². The number of alkyl halides is 1. The SMILES string of the molecule is CC(=O)OC(CCl)CSC#N. The van der Waals surface area contributed by atoms with Gasteiger partial charge in [0.25, 0.3) is 0 Å². The molecule has 1 atom stereocenters. The maximum atomic E-state index is 10.4. The molecule has 0 heterocycles. The van der Waals surface area contributed by atoms with E-state index in [4.69, 9.17) is 21.6 Å². The van der Waals surface area contributed by atoms with Gasteiger partial charge in [-0.15, -0.1) is 11.6 Å². The van der Waals surface area contributed by atoms with Gasteiger partial charge in [0, 0.05) is 12.7 Å². The first kappa shape index (κ1) is 10.6. The van der Waals surface area contributed by atoms with Gasteiger partial charge in [-0.1, -0.05) is 0 Å². The molecule has 0 aromatic rings. The minimum absolute atomic E-state index is 0.230. The van der Waals surface area contributed by atoms with Crippen LogP contribution in [0.3, 0.4) is 0 Å². The molecule has 0 aliphatic carbocycles. The predicted octanol–water partition coefficient (Wildman–Crippen LogP) is 1.37. The molecular weight excluding hydrogens is 186 g/mol. The zero-order valence-corrected chi connectivity index (χ0v) is 7.61. The number of rotatable bonds is 4. The summed E-state index contributed by atoms with van der Waals surface area (Å²) in [6.07, 6.45) is -0.348. The van der Waals surface area contributed by atoms with Crippen molar-refractivity contribution in [2.45, 2.75) is 13.0 Å². The van der Waals surface area contributed by atoms with Gasteiger partial charge in [0.15, 0.2) is 0 Å². The number of carbonyl (C=O) groups is 1. The third-order valence-electron chi connectivity index (χ3n) is 0.839. The number of thiocyanates is 1. The van der Waals surface area contributed by atoms with Crippen molar-refractivity contribution in [1.29, 1.82) is 5.26 Å². The molecule has 0 rings (SSSR count). The number of ether oxygens (including phenoxy) is 1. The van der Waals surface area contributed by atoms with Crippen molar-refractivity contribution in [3.8, 4) is 5.40 Å². The van der Waals surface area contributed by atoms with E-state index in [1.165, 1.54) is 6.92 Å². The van der Waals surface area contributed by atoms with Gasteiger partial charge in [0.1, 0.15) is 11.5 Å². The Labute approximate surface area is 74.7 Å². The highest BCUT2D eigenvalue weighted by Crippen LogP contribution is 2.05. The number of halogens is 1. The van der Waals surface area contributed by atoms with Crippen molar-refractivity contribution in [2.24, 2.45) is 0 Å². The third kappa shape index (κ3) is 6.02. The van der Waals surface area contributed by atoms with Gasteiger partial charge < -0.3 is 4.74 Å². The lowest BCUT2D eigenvalue weighted by molar-refractivity contribution is -0.144. The van der Waals surface area contributed by atoms with E-state index in [0.29, 0.717) is 5.75 Å². The Hall–Kier alpha value is -0.400. The average Bonchev–Trinajstić information content (AvgIpc) is 1.97. The molecule has 0 bridgehead atoms. The van der Waals surface area contributed by atoms with Gasteiger partial charge >= 0.3 is 5.97 Å². The molecule has 0 spiro atoms. The molecule has 0 N–H and O–H groups in total. The minimum Gasteiger partial charge on any atom is -0.460 e. The molecule has 0 amide bonds. The molecule has 11 heavy (non-hydrogen) atoms. The third-order valence-corrected chi connectivity index (χ3v) is 1.85. The fraction of sp³-hybridized carbons (Fsp3) is 0.667. The number of nitrogens with zero attached hydrogens (tertiary/aromatic N) is 1. The first-order valence-corrected chi connectivity index (χ1v) is 4.46. The van der Waals surface area contributed by atoms with Crippen LogP contribution in [0.4, 0.5) is 0 Å². The first-order chi connectivity index (χ1) is 5.20. The average molecular weight is 194 g/mol. The van der Waals surface area contributed by atoms with Crippen LogP contribution in [0.15, 0.2) is 0 Å². The smallest absolute Gasteiger partial charge is 0.302 e. The lowest BCUT2D eigenvalue weighted by Crippen LogP contribution is -2.20. The number of esters is 1. The molecule has 5 heteroatoms. The standard InChI is InChI=1S/C6H8ClNO2S/c1-5(9)10-6(2-7)3-11-4-8/h6H,2-3H2,1H3. The summed E-state index contributed by atoms with van der Waals surface area (Å²) < 4.78 is 4.76. The van der Waals surface area contributed by atoms with Gasteiger partial charge in [-0.2, -0.15) is 5.26 Å². The van der Waals surface area contributed by atoms with Gasteiger partial charge in [-0.25, -0.2) is 0 Å². The van der Waals surface area contributed by atoms with E-state index in [-0.39, 0.29) is 18.0 Å². The van der Waals surface area contributed by atoms with E-state index in [0.717, 1.165) is 11.8 Å². The lowest BCUT2D eigenvalue weighted by Gasteiger charge is -2.10. The molecule has 0 saturated carbocycles. The van der Waals surface area contributed by atoms with Crippen LogP contribution >= 0.6 is 23.4 Å². The van der Waals surface area contributed by atoms with Crippen LogP contribution in [0.5, 0.6) is 0 Å². The summed E-state index contributed by atoms with van der Waals surface area (Å²) in [6.45, 7) is 1.32. The topological polar surface area (TPSA) is 50.1 Å².